The Balaban J connectivity index is 1.85. The molecule has 166 valence electrons. The summed E-state index contributed by atoms with van der Waals surface area (Å²) in [5.41, 5.74) is 2.93. The van der Waals surface area contributed by atoms with Crippen molar-refractivity contribution in [3.8, 4) is 11.1 Å². The topological polar surface area (TPSA) is 103 Å². The van der Waals surface area contributed by atoms with E-state index < -0.39 is 23.8 Å². The van der Waals surface area contributed by atoms with Crippen molar-refractivity contribution < 1.29 is 28.7 Å². The number of aryl methyl sites for hydroxylation is 2. The number of carbonyl (C=O) groups excluding carboxylic acids is 4. The van der Waals surface area contributed by atoms with E-state index in [0.29, 0.717) is 39.3 Å². The van der Waals surface area contributed by atoms with Gasteiger partial charge in [0.2, 0.25) is 0 Å². The number of carbonyl (C=O) groups is 4. The fourth-order valence-electron chi connectivity index (χ4n) is 4.04. The van der Waals surface area contributed by atoms with Crippen molar-refractivity contribution >= 4 is 29.4 Å². The summed E-state index contributed by atoms with van der Waals surface area (Å²) in [7, 11) is 2.49. The Morgan fingerprint density at radius 1 is 0.758 bits per heavy atom. The summed E-state index contributed by atoms with van der Waals surface area (Å²) in [5.74, 6) is -2.12. The third-order valence-corrected chi connectivity index (χ3v) is 5.55. The lowest BCUT2D eigenvalue weighted by Gasteiger charge is -2.18. The lowest BCUT2D eigenvalue weighted by molar-refractivity contribution is 0.0598. The number of pyridine rings is 1. The molecule has 2 aromatic carbocycles. The number of anilines is 1. The monoisotopic (exact) mass is 444 g/mol. The summed E-state index contributed by atoms with van der Waals surface area (Å²) in [6, 6.07) is 13.1. The third-order valence-electron chi connectivity index (χ3n) is 5.55. The summed E-state index contributed by atoms with van der Waals surface area (Å²) in [6.07, 6.45) is 0. The summed E-state index contributed by atoms with van der Waals surface area (Å²) < 4.78 is 9.86. The quantitative estimate of drug-likeness (QED) is 0.446. The molecule has 8 heteroatoms. The fourth-order valence-corrected chi connectivity index (χ4v) is 4.04. The Kier molecular flexibility index (Phi) is 5.51. The van der Waals surface area contributed by atoms with Gasteiger partial charge in [0.05, 0.1) is 53.5 Å². The second-order valence-electron chi connectivity index (χ2n) is 7.43. The first-order valence-electron chi connectivity index (χ1n) is 10.1. The van der Waals surface area contributed by atoms with Gasteiger partial charge in [-0.3, -0.25) is 14.6 Å². The molecule has 4 rings (SSSR count). The number of rotatable bonds is 4. The first-order valence-corrected chi connectivity index (χ1v) is 10.1. The van der Waals surface area contributed by atoms with Gasteiger partial charge in [-0.1, -0.05) is 24.3 Å². The molecule has 0 atom stereocenters. The zero-order valence-corrected chi connectivity index (χ0v) is 18.5. The number of nitrogens with zero attached hydrogens (tertiary/aromatic N) is 2. The van der Waals surface area contributed by atoms with Gasteiger partial charge in [-0.25, -0.2) is 14.5 Å². The highest BCUT2D eigenvalue weighted by atomic mass is 16.5. The van der Waals surface area contributed by atoms with Gasteiger partial charge in [0.1, 0.15) is 0 Å². The van der Waals surface area contributed by atoms with Crippen LogP contribution >= 0.6 is 0 Å². The van der Waals surface area contributed by atoms with Crippen molar-refractivity contribution in [2.24, 2.45) is 0 Å². The molecule has 0 bridgehead atoms. The average Bonchev–Trinajstić information content (AvgIpc) is 3.08. The SMILES string of the molecule is COC(=O)c1c(C)nc(C)c(C(=O)OC)c1-c1ccc(N2C(=O)c3ccccc3C2=O)cc1. The zero-order valence-electron chi connectivity index (χ0n) is 18.5. The standard InChI is InChI=1S/C25H20N2O6/c1-13-19(24(30)32-3)21(20(14(2)26-13)25(31)33-4)15-9-11-16(12-10-15)27-22(28)17-7-5-6-8-18(17)23(27)29/h5-12H,1-4H3. The molecule has 0 saturated heterocycles. The van der Waals surface area contributed by atoms with Gasteiger partial charge < -0.3 is 9.47 Å². The molecule has 3 aromatic rings. The first-order chi connectivity index (χ1) is 15.8. The molecule has 8 nitrogen and oxygen atoms in total. The van der Waals surface area contributed by atoms with Crippen LogP contribution in [0.4, 0.5) is 5.69 Å². The van der Waals surface area contributed by atoms with Crippen LogP contribution in [-0.2, 0) is 9.47 Å². The highest BCUT2D eigenvalue weighted by Crippen LogP contribution is 2.35. The van der Waals surface area contributed by atoms with Crippen molar-refractivity contribution in [3.05, 3.63) is 82.2 Å². The van der Waals surface area contributed by atoms with Crippen LogP contribution < -0.4 is 4.90 Å². The van der Waals surface area contributed by atoms with Gasteiger partial charge >= 0.3 is 11.9 Å². The average molecular weight is 444 g/mol. The van der Waals surface area contributed by atoms with Gasteiger partial charge in [-0.05, 0) is 43.7 Å². The molecule has 0 saturated carbocycles. The van der Waals surface area contributed by atoms with E-state index in [4.69, 9.17) is 9.47 Å². The van der Waals surface area contributed by atoms with Crippen LogP contribution in [0.15, 0.2) is 48.5 Å². The number of benzene rings is 2. The van der Waals surface area contributed by atoms with Crippen LogP contribution in [0.1, 0.15) is 52.8 Å². The molecule has 2 amide bonds. The minimum absolute atomic E-state index is 0.136. The van der Waals surface area contributed by atoms with Crippen LogP contribution in [0.2, 0.25) is 0 Å². The van der Waals surface area contributed by atoms with E-state index in [-0.39, 0.29) is 11.1 Å². The summed E-state index contributed by atoms with van der Waals surface area (Å²) in [5, 5.41) is 0. The highest BCUT2D eigenvalue weighted by molar-refractivity contribution is 6.34. The van der Waals surface area contributed by atoms with Crippen LogP contribution in [0.3, 0.4) is 0 Å². The lowest BCUT2D eigenvalue weighted by atomic mass is 9.92. The largest absolute Gasteiger partial charge is 0.465 e. The summed E-state index contributed by atoms with van der Waals surface area (Å²) >= 11 is 0. The van der Waals surface area contributed by atoms with Crippen molar-refractivity contribution in [3.63, 3.8) is 0 Å². The number of imide groups is 1. The van der Waals surface area contributed by atoms with Crippen LogP contribution in [-0.4, -0.2) is 43.0 Å². The summed E-state index contributed by atoms with van der Waals surface area (Å²) in [6.45, 7) is 3.30. The van der Waals surface area contributed by atoms with Crippen molar-refractivity contribution in [2.45, 2.75) is 13.8 Å². The molecule has 0 unspecified atom stereocenters. The zero-order chi connectivity index (χ0) is 23.9. The number of methoxy groups -OCH3 is 2. The smallest absolute Gasteiger partial charge is 0.340 e. The molecular formula is C25H20N2O6. The van der Waals surface area contributed by atoms with E-state index in [9.17, 15) is 19.2 Å². The number of ether oxygens (including phenoxy) is 2. The van der Waals surface area contributed by atoms with Crippen molar-refractivity contribution in [2.75, 3.05) is 19.1 Å². The molecule has 33 heavy (non-hydrogen) atoms. The van der Waals surface area contributed by atoms with Crippen molar-refractivity contribution in [1.82, 2.24) is 4.98 Å². The number of fused-ring (bicyclic) bond motifs is 1. The minimum atomic E-state index is -0.649. The lowest BCUT2D eigenvalue weighted by Crippen LogP contribution is -2.29. The second kappa shape index (κ2) is 8.31. The molecule has 1 aromatic heterocycles. The predicted octanol–water partition coefficient (Wildman–Crippen LogP) is 3.74. The van der Waals surface area contributed by atoms with Gasteiger partial charge in [-0.15, -0.1) is 0 Å². The van der Waals surface area contributed by atoms with Gasteiger partial charge in [0.15, 0.2) is 0 Å². The second-order valence-corrected chi connectivity index (χ2v) is 7.43. The maximum atomic E-state index is 12.8. The maximum absolute atomic E-state index is 12.8. The molecule has 0 radical (unpaired) electrons. The number of aromatic nitrogens is 1. The molecule has 0 spiro atoms. The van der Waals surface area contributed by atoms with Gasteiger partial charge in [0.25, 0.3) is 11.8 Å². The number of hydrogen-bond donors (Lipinski definition) is 0. The number of amides is 2. The van der Waals surface area contributed by atoms with E-state index in [1.807, 2.05) is 0 Å². The third kappa shape index (κ3) is 3.45. The number of hydrogen-bond acceptors (Lipinski definition) is 7. The van der Waals surface area contributed by atoms with E-state index >= 15 is 0 Å². The van der Waals surface area contributed by atoms with E-state index in [1.165, 1.54) is 14.2 Å². The molecule has 0 fully saturated rings. The van der Waals surface area contributed by atoms with Crippen LogP contribution in [0.5, 0.6) is 0 Å². The maximum Gasteiger partial charge on any atom is 0.340 e. The Bertz CT molecular complexity index is 1250. The van der Waals surface area contributed by atoms with Crippen LogP contribution in [0.25, 0.3) is 11.1 Å². The molecule has 0 aliphatic carbocycles. The highest BCUT2D eigenvalue weighted by Gasteiger charge is 2.36. The normalized spacial score (nSPS) is 12.5. The first kappa shape index (κ1) is 21.9. The molecule has 0 N–H and O–H groups in total. The molecule has 1 aliphatic heterocycles. The van der Waals surface area contributed by atoms with E-state index in [2.05, 4.69) is 4.98 Å². The van der Waals surface area contributed by atoms with E-state index in [1.54, 1.807) is 62.4 Å². The van der Waals surface area contributed by atoms with Gasteiger partial charge in [0, 0.05) is 5.56 Å². The Labute approximate surface area is 189 Å². The fraction of sp³-hybridized carbons (Fsp3) is 0.160. The van der Waals surface area contributed by atoms with Crippen molar-refractivity contribution in [1.29, 1.82) is 0 Å². The Hall–Kier alpha value is -4.33. The predicted molar refractivity (Wildman–Crippen MR) is 119 cm³/mol. The Morgan fingerprint density at radius 2 is 1.21 bits per heavy atom. The van der Waals surface area contributed by atoms with E-state index in [0.717, 1.165) is 4.90 Å². The Morgan fingerprint density at radius 3 is 1.64 bits per heavy atom. The minimum Gasteiger partial charge on any atom is -0.465 e. The number of esters is 2. The molecule has 2 heterocycles. The molecule has 1 aliphatic rings. The van der Waals surface area contributed by atoms with Crippen LogP contribution in [0, 0.1) is 13.8 Å². The van der Waals surface area contributed by atoms with Gasteiger partial charge in [-0.2, -0.15) is 0 Å². The molecular weight excluding hydrogens is 424 g/mol. The summed E-state index contributed by atoms with van der Waals surface area (Å²) in [4.78, 5) is 56.2.